The van der Waals surface area contributed by atoms with Crippen LogP contribution in [0.3, 0.4) is 0 Å². The van der Waals surface area contributed by atoms with E-state index in [1.807, 2.05) is 14.0 Å². The minimum atomic E-state index is 0.692. The highest BCUT2D eigenvalue weighted by Crippen LogP contribution is 2.20. The maximum absolute atomic E-state index is 5.83. The molecule has 0 aromatic carbocycles. The van der Waals surface area contributed by atoms with Gasteiger partial charge in [-0.3, -0.25) is 4.90 Å². The minimum Gasteiger partial charge on any atom is -0.465 e. The van der Waals surface area contributed by atoms with Gasteiger partial charge in [-0.2, -0.15) is 0 Å². The van der Waals surface area contributed by atoms with Crippen LogP contribution < -0.4 is 5.32 Å². The van der Waals surface area contributed by atoms with Crippen molar-refractivity contribution in [3.63, 3.8) is 0 Å². The van der Waals surface area contributed by atoms with E-state index in [1.54, 1.807) is 0 Å². The smallest absolute Gasteiger partial charge is 0.118 e. The van der Waals surface area contributed by atoms with E-state index in [1.165, 1.54) is 18.5 Å². The standard InChI is InChI=1S/C14H25N3O/c1-11-12(8-15-2)7-14(18-11)10-17-6-5-13(9-17)16(3)4/h7,13,15H,5-6,8-10H2,1-4H3. The van der Waals surface area contributed by atoms with Crippen LogP contribution in [0.15, 0.2) is 10.5 Å². The summed E-state index contributed by atoms with van der Waals surface area (Å²) in [6, 6.07) is 2.88. The Morgan fingerprint density at radius 1 is 1.50 bits per heavy atom. The molecule has 4 heteroatoms. The van der Waals surface area contributed by atoms with Crippen LogP contribution in [-0.2, 0) is 13.1 Å². The minimum absolute atomic E-state index is 0.692. The summed E-state index contributed by atoms with van der Waals surface area (Å²) in [5.74, 6) is 2.14. The Labute approximate surface area is 110 Å². The predicted molar refractivity (Wildman–Crippen MR) is 73.6 cm³/mol. The Morgan fingerprint density at radius 3 is 2.89 bits per heavy atom. The van der Waals surface area contributed by atoms with Crippen molar-refractivity contribution < 1.29 is 4.42 Å². The lowest BCUT2D eigenvalue weighted by molar-refractivity contribution is 0.251. The molecule has 1 fully saturated rings. The van der Waals surface area contributed by atoms with Crippen LogP contribution in [0.2, 0.25) is 0 Å². The van der Waals surface area contributed by atoms with Gasteiger partial charge in [-0.05, 0) is 40.6 Å². The fourth-order valence-electron chi connectivity index (χ4n) is 2.63. The van der Waals surface area contributed by atoms with Gasteiger partial charge in [0.25, 0.3) is 0 Å². The average molecular weight is 251 g/mol. The lowest BCUT2D eigenvalue weighted by Gasteiger charge is -2.19. The third kappa shape index (κ3) is 3.13. The van der Waals surface area contributed by atoms with Gasteiger partial charge in [0.15, 0.2) is 0 Å². The molecule has 1 aliphatic heterocycles. The molecule has 1 aromatic rings. The quantitative estimate of drug-likeness (QED) is 0.858. The number of hydrogen-bond donors (Lipinski definition) is 1. The first-order valence-electron chi connectivity index (χ1n) is 6.71. The van der Waals surface area contributed by atoms with Gasteiger partial charge in [0.1, 0.15) is 11.5 Å². The SMILES string of the molecule is CNCc1cc(CN2CCC(N(C)C)C2)oc1C. The van der Waals surface area contributed by atoms with Gasteiger partial charge >= 0.3 is 0 Å². The molecule has 1 N–H and O–H groups in total. The lowest BCUT2D eigenvalue weighted by Crippen LogP contribution is -2.31. The molecule has 1 saturated heterocycles. The molecule has 0 aliphatic carbocycles. The third-order valence-electron chi connectivity index (χ3n) is 3.80. The molecule has 2 heterocycles. The van der Waals surface area contributed by atoms with E-state index in [4.69, 9.17) is 4.42 Å². The molecule has 4 nitrogen and oxygen atoms in total. The second kappa shape index (κ2) is 5.87. The van der Waals surface area contributed by atoms with Crippen molar-refractivity contribution in [3.8, 4) is 0 Å². The first kappa shape index (κ1) is 13.6. The van der Waals surface area contributed by atoms with Crippen molar-refractivity contribution in [2.24, 2.45) is 0 Å². The van der Waals surface area contributed by atoms with Gasteiger partial charge < -0.3 is 14.6 Å². The van der Waals surface area contributed by atoms with Crippen molar-refractivity contribution in [1.82, 2.24) is 15.1 Å². The number of nitrogens with one attached hydrogen (secondary N) is 1. The summed E-state index contributed by atoms with van der Waals surface area (Å²) in [6.07, 6.45) is 1.26. The third-order valence-corrected chi connectivity index (χ3v) is 3.80. The van der Waals surface area contributed by atoms with Crippen molar-refractivity contribution in [2.45, 2.75) is 32.5 Å². The molecular formula is C14H25N3O. The van der Waals surface area contributed by atoms with Crippen LogP contribution >= 0.6 is 0 Å². The summed E-state index contributed by atoms with van der Waals surface area (Å²) in [5, 5.41) is 3.17. The van der Waals surface area contributed by atoms with E-state index in [9.17, 15) is 0 Å². The molecule has 1 aromatic heterocycles. The van der Waals surface area contributed by atoms with Crippen molar-refractivity contribution in [2.75, 3.05) is 34.2 Å². The van der Waals surface area contributed by atoms with Gasteiger partial charge in [-0.25, -0.2) is 0 Å². The van der Waals surface area contributed by atoms with Crippen LogP contribution in [0.1, 0.15) is 23.5 Å². The van der Waals surface area contributed by atoms with Gasteiger partial charge in [0, 0.05) is 31.2 Å². The normalized spacial score (nSPS) is 21.1. The largest absolute Gasteiger partial charge is 0.465 e. The Hall–Kier alpha value is -0.840. The molecule has 0 spiro atoms. The predicted octanol–water partition coefficient (Wildman–Crippen LogP) is 1.44. The number of likely N-dealkylation sites (N-methyl/N-ethyl adjacent to an activating group) is 1. The topological polar surface area (TPSA) is 31.6 Å². The average Bonchev–Trinajstić information content (AvgIpc) is 2.88. The van der Waals surface area contributed by atoms with E-state index in [0.29, 0.717) is 6.04 Å². The second-order valence-corrected chi connectivity index (χ2v) is 5.47. The number of hydrogen-bond acceptors (Lipinski definition) is 4. The highest BCUT2D eigenvalue weighted by Gasteiger charge is 2.24. The summed E-state index contributed by atoms with van der Waals surface area (Å²) in [5.41, 5.74) is 1.27. The van der Waals surface area contributed by atoms with E-state index in [2.05, 4.69) is 35.3 Å². The van der Waals surface area contributed by atoms with Gasteiger partial charge in [-0.15, -0.1) is 0 Å². The van der Waals surface area contributed by atoms with E-state index >= 15 is 0 Å². The summed E-state index contributed by atoms with van der Waals surface area (Å²) in [4.78, 5) is 4.80. The Kier molecular flexibility index (Phi) is 4.43. The molecule has 1 atom stereocenters. The van der Waals surface area contributed by atoms with Crippen LogP contribution in [-0.4, -0.2) is 50.1 Å². The molecule has 0 saturated carbocycles. The fraction of sp³-hybridized carbons (Fsp3) is 0.714. The Balaban J connectivity index is 1.92. The van der Waals surface area contributed by atoms with Gasteiger partial charge in [-0.1, -0.05) is 0 Å². The molecule has 0 bridgehead atoms. The van der Waals surface area contributed by atoms with E-state index in [0.717, 1.165) is 31.2 Å². The van der Waals surface area contributed by atoms with Gasteiger partial charge in [0.05, 0.1) is 6.54 Å². The van der Waals surface area contributed by atoms with Crippen LogP contribution in [0.5, 0.6) is 0 Å². The lowest BCUT2D eigenvalue weighted by atomic mass is 10.2. The number of nitrogens with zero attached hydrogens (tertiary/aromatic N) is 2. The Morgan fingerprint density at radius 2 is 2.28 bits per heavy atom. The van der Waals surface area contributed by atoms with Crippen LogP contribution in [0.25, 0.3) is 0 Å². The zero-order valence-electron chi connectivity index (χ0n) is 12.0. The van der Waals surface area contributed by atoms with Gasteiger partial charge in [0.2, 0.25) is 0 Å². The maximum atomic E-state index is 5.83. The molecule has 2 rings (SSSR count). The first-order chi connectivity index (χ1) is 8.60. The summed E-state index contributed by atoms with van der Waals surface area (Å²) >= 11 is 0. The molecule has 18 heavy (non-hydrogen) atoms. The second-order valence-electron chi connectivity index (χ2n) is 5.47. The zero-order chi connectivity index (χ0) is 13.1. The molecule has 0 amide bonds. The molecular weight excluding hydrogens is 226 g/mol. The monoisotopic (exact) mass is 251 g/mol. The Bertz CT molecular complexity index is 386. The highest BCUT2D eigenvalue weighted by molar-refractivity contribution is 5.20. The first-order valence-corrected chi connectivity index (χ1v) is 6.71. The van der Waals surface area contributed by atoms with Crippen molar-refractivity contribution in [3.05, 3.63) is 23.2 Å². The summed E-state index contributed by atoms with van der Waals surface area (Å²) in [6.45, 7) is 6.19. The van der Waals surface area contributed by atoms with Crippen LogP contribution in [0, 0.1) is 6.92 Å². The number of furan rings is 1. The number of rotatable bonds is 5. The number of aryl methyl sites for hydroxylation is 1. The van der Waals surface area contributed by atoms with Crippen LogP contribution in [0.4, 0.5) is 0 Å². The van der Waals surface area contributed by atoms with Crippen molar-refractivity contribution >= 4 is 0 Å². The fourth-order valence-corrected chi connectivity index (χ4v) is 2.63. The molecule has 0 radical (unpaired) electrons. The zero-order valence-corrected chi connectivity index (χ0v) is 12.0. The molecule has 1 aliphatic rings. The summed E-state index contributed by atoms with van der Waals surface area (Å²) in [7, 11) is 6.29. The number of likely N-dealkylation sites (tertiary alicyclic amines) is 1. The van der Waals surface area contributed by atoms with E-state index < -0.39 is 0 Å². The highest BCUT2D eigenvalue weighted by atomic mass is 16.3. The maximum Gasteiger partial charge on any atom is 0.118 e. The van der Waals surface area contributed by atoms with Crippen molar-refractivity contribution in [1.29, 1.82) is 0 Å². The van der Waals surface area contributed by atoms with E-state index in [-0.39, 0.29) is 0 Å². The molecule has 102 valence electrons. The summed E-state index contributed by atoms with van der Waals surface area (Å²) < 4.78 is 5.83. The molecule has 1 unspecified atom stereocenters.